The lowest BCUT2D eigenvalue weighted by Gasteiger charge is -2.20. The Hall–Kier alpha value is -1.51. The first-order valence-electron chi connectivity index (χ1n) is 6.29. The summed E-state index contributed by atoms with van der Waals surface area (Å²) in [5.74, 6) is 0. The predicted molar refractivity (Wildman–Crippen MR) is 68.9 cm³/mol. The number of hydrogen-bond acceptors (Lipinski definition) is 1. The number of nitrogens with zero attached hydrogens (tertiary/aromatic N) is 1. The van der Waals surface area contributed by atoms with Crippen LogP contribution in [0.3, 0.4) is 0 Å². The van der Waals surface area contributed by atoms with Crippen molar-refractivity contribution >= 4 is 6.03 Å². The van der Waals surface area contributed by atoms with Gasteiger partial charge in [-0.15, -0.1) is 0 Å². The molecule has 92 valence electrons. The molecule has 1 atom stereocenters. The highest BCUT2D eigenvalue weighted by atomic mass is 16.2. The van der Waals surface area contributed by atoms with E-state index >= 15 is 0 Å². The quantitative estimate of drug-likeness (QED) is 0.835. The fourth-order valence-corrected chi connectivity index (χ4v) is 2.14. The Kier molecular flexibility index (Phi) is 3.67. The molecule has 1 aliphatic rings. The fraction of sp³-hybridized carbons (Fsp3) is 0.500. The second-order valence-electron chi connectivity index (χ2n) is 4.78. The van der Waals surface area contributed by atoms with E-state index in [0.717, 1.165) is 31.5 Å². The number of urea groups is 1. The number of aryl methyl sites for hydroxylation is 1. The van der Waals surface area contributed by atoms with Crippen molar-refractivity contribution in [1.29, 1.82) is 0 Å². The number of carbonyl (C=O) groups excluding carboxylic acids is 1. The van der Waals surface area contributed by atoms with Crippen LogP contribution in [0.5, 0.6) is 0 Å². The molecule has 0 unspecified atom stereocenters. The van der Waals surface area contributed by atoms with Gasteiger partial charge >= 0.3 is 6.03 Å². The van der Waals surface area contributed by atoms with E-state index in [9.17, 15) is 4.79 Å². The summed E-state index contributed by atoms with van der Waals surface area (Å²) >= 11 is 0. The summed E-state index contributed by atoms with van der Waals surface area (Å²) in [5.41, 5.74) is 2.40. The lowest BCUT2D eigenvalue weighted by Crippen LogP contribution is -2.39. The molecule has 17 heavy (non-hydrogen) atoms. The predicted octanol–water partition coefficient (Wildman–Crippen LogP) is 2.86. The molecule has 3 nitrogen and oxygen atoms in total. The summed E-state index contributed by atoms with van der Waals surface area (Å²) in [7, 11) is 0. The zero-order chi connectivity index (χ0) is 12.3. The van der Waals surface area contributed by atoms with Gasteiger partial charge in [0.05, 0.1) is 6.04 Å². The highest BCUT2D eigenvalue weighted by molar-refractivity contribution is 5.74. The third kappa shape index (κ3) is 2.99. The molecule has 1 heterocycles. The van der Waals surface area contributed by atoms with Gasteiger partial charge in [0.2, 0.25) is 0 Å². The molecule has 0 aromatic heterocycles. The number of benzene rings is 1. The zero-order valence-electron chi connectivity index (χ0n) is 10.6. The van der Waals surface area contributed by atoms with E-state index in [4.69, 9.17) is 0 Å². The maximum Gasteiger partial charge on any atom is 0.317 e. The third-order valence-electron chi connectivity index (χ3n) is 3.31. The smallest absolute Gasteiger partial charge is 0.317 e. The molecular weight excluding hydrogens is 212 g/mol. The summed E-state index contributed by atoms with van der Waals surface area (Å²) < 4.78 is 0. The normalized spacial score (nSPS) is 16.9. The van der Waals surface area contributed by atoms with E-state index in [0.29, 0.717) is 0 Å². The number of rotatable bonds is 2. The van der Waals surface area contributed by atoms with Gasteiger partial charge in [-0.25, -0.2) is 4.79 Å². The number of likely N-dealkylation sites (tertiary alicyclic amines) is 1. The van der Waals surface area contributed by atoms with Gasteiger partial charge < -0.3 is 10.2 Å². The van der Waals surface area contributed by atoms with Gasteiger partial charge in [-0.1, -0.05) is 29.8 Å². The molecule has 2 rings (SSSR count). The minimum absolute atomic E-state index is 0.0653. The van der Waals surface area contributed by atoms with Crippen molar-refractivity contribution in [1.82, 2.24) is 10.2 Å². The first-order chi connectivity index (χ1) is 8.16. The van der Waals surface area contributed by atoms with Crippen molar-refractivity contribution in [3.05, 3.63) is 35.4 Å². The average Bonchev–Trinajstić information content (AvgIpc) is 2.83. The Bertz CT molecular complexity index is 380. The molecule has 0 radical (unpaired) electrons. The summed E-state index contributed by atoms with van der Waals surface area (Å²) in [5, 5.41) is 3.04. The van der Waals surface area contributed by atoms with Crippen molar-refractivity contribution in [2.45, 2.75) is 32.7 Å². The SMILES string of the molecule is Cc1ccc([C@@H](C)NC(=O)N2CCCC2)cc1. The Morgan fingerprint density at radius 2 is 1.82 bits per heavy atom. The largest absolute Gasteiger partial charge is 0.331 e. The Balaban J connectivity index is 1.93. The molecule has 1 N–H and O–H groups in total. The van der Waals surface area contributed by atoms with Crippen LogP contribution in [0, 0.1) is 6.92 Å². The van der Waals surface area contributed by atoms with Crippen LogP contribution < -0.4 is 5.32 Å². The number of amides is 2. The molecule has 2 amide bonds. The highest BCUT2D eigenvalue weighted by Crippen LogP contribution is 2.14. The zero-order valence-corrected chi connectivity index (χ0v) is 10.6. The Labute approximate surface area is 103 Å². The number of nitrogens with one attached hydrogen (secondary N) is 1. The lowest BCUT2D eigenvalue weighted by molar-refractivity contribution is 0.205. The van der Waals surface area contributed by atoms with Crippen molar-refractivity contribution in [3.8, 4) is 0 Å². The second kappa shape index (κ2) is 5.21. The van der Waals surface area contributed by atoms with Crippen molar-refractivity contribution in [2.24, 2.45) is 0 Å². The van der Waals surface area contributed by atoms with Crippen molar-refractivity contribution in [3.63, 3.8) is 0 Å². The fourth-order valence-electron chi connectivity index (χ4n) is 2.14. The minimum atomic E-state index is 0.0653. The first-order valence-corrected chi connectivity index (χ1v) is 6.29. The summed E-state index contributed by atoms with van der Waals surface area (Å²) in [4.78, 5) is 13.8. The van der Waals surface area contributed by atoms with Crippen LogP contribution in [-0.2, 0) is 0 Å². The maximum atomic E-state index is 11.9. The molecule has 0 saturated carbocycles. The van der Waals surface area contributed by atoms with Crippen LogP contribution in [0.25, 0.3) is 0 Å². The van der Waals surface area contributed by atoms with E-state index in [1.165, 1.54) is 5.56 Å². The van der Waals surface area contributed by atoms with Gasteiger partial charge in [-0.05, 0) is 32.3 Å². The molecule has 3 heteroatoms. The molecule has 0 aliphatic carbocycles. The molecule has 1 aliphatic heterocycles. The van der Waals surface area contributed by atoms with Gasteiger partial charge in [0, 0.05) is 13.1 Å². The van der Waals surface area contributed by atoms with Gasteiger partial charge in [-0.3, -0.25) is 0 Å². The second-order valence-corrected chi connectivity index (χ2v) is 4.78. The van der Waals surface area contributed by atoms with Gasteiger partial charge in [0.25, 0.3) is 0 Å². The number of carbonyl (C=O) groups is 1. The lowest BCUT2D eigenvalue weighted by atomic mass is 10.1. The maximum absolute atomic E-state index is 11.9. The summed E-state index contributed by atoms with van der Waals surface area (Å²) in [6.45, 7) is 5.88. The summed E-state index contributed by atoms with van der Waals surface area (Å²) in [6.07, 6.45) is 2.26. The molecule has 1 saturated heterocycles. The topological polar surface area (TPSA) is 32.3 Å². The molecule has 1 aromatic carbocycles. The average molecular weight is 232 g/mol. The molecular formula is C14H20N2O. The number of hydrogen-bond donors (Lipinski definition) is 1. The van der Waals surface area contributed by atoms with Crippen LogP contribution in [0.1, 0.15) is 36.9 Å². The first kappa shape index (κ1) is 12.0. The van der Waals surface area contributed by atoms with Gasteiger partial charge in [0.1, 0.15) is 0 Å². The van der Waals surface area contributed by atoms with Gasteiger partial charge in [0.15, 0.2) is 0 Å². The molecule has 1 aromatic rings. The van der Waals surface area contributed by atoms with Crippen molar-refractivity contribution < 1.29 is 4.79 Å². The van der Waals surface area contributed by atoms with Crippen molar-refractivity contribution in [2.75, 3.05) is 13.1 Å². The van der Waals surface area contributed by atoms with E-state index < -0.39 is 0 Å². The van der Waals surface area contributed by atoms with E-state index in [1.807, 2.05) is 11.8 Å². The van der Waals surface area contributed by atoms with Gasteiger partial charge in [-0.2, -0.15) is 0 Å². The van der Waals surface area contributed by atoms with E-state index in [2.05, 4.69) is 36.5 Å². The monoisotopic (exact) mass is 232 g/mol. The molecule has 0 bridgehead atoms. The molecule has 1 fully saturated rings. The Morgan fingerprint density at radius 3 is 2.41 bits per heavy atom. The standard InChI is InChI=1S/C14H20N2O/c1-11-5-7-13(8-6-11)12(2)15-14(17)16-9-3-4-10-16/h5-8,12H,3-4,9-10H2,1-2H3,(H,15,17)/t12-/m1/s1. The minimum Gasteiger partial charge on any atom is -0.331 e. The van der Waals surface area contributed by atoms with E-state index in [-0.39, 0.29) is 12.1 Å². The van der Waals surface area contributed by atoms with Crippen LogP contribution in [-0.4, -0.2) is 24.0 Å². The van der Waals surface area contributed by atoms with Crippen LogP contribution in [0.2, 0.25) is 0 Å². The van der Waals surface area contributed by atoms with E-state index in [1.54, 1.807) is 0 Å². The Morgan fingerprint density at radius 1 is 1.24 bits per heavy atom. The van der Waals surface area contributed by atoms with Crippen LogP contribution in [0.15, 0.2) is 24.3 Å². The van der Waals surface area contributed by atoms with Crippen LogP contribution in [0.4, 0.5) is 4.79 Å². The summed E-state index contributed by atoms with van der Waals surface area (Å²) in [6, 6.07) is 8.44. The van der Waals surface area contributed by atoms with Crippen LogP contribution >= 0.6 is 0 Å². The third-order valence-corrected chi connectivity index (χ3v) is 3.31. The molecule has 0 spiro atoms. The highest BCUT2D eigenvalue weighted by Gasteiger charge is 2.19.